The van der Waals surface area contributed by atoms with Crippen LogP contribution >= 0.6 is 31.9 Å². The highest BCUT2D eigenvalue weighted by Crippen LogP contribution is 2.34. The van der Waals surface area contributed by atoms with E-state index in [4.69, 9.17) is 15.9 Å². The number of nitrogens with zero attached hydrogens (tertiary/aromatic N) is 1. The molecule has 1 amide bonds. The van der Waals surface area contributed by atoms with Crippen molar-refractivity contribution in [2.24, 2.45) is 5.10 Å². The summed E-state index contributed by atoms with van der Waals surface area (Å²) >= 11 is 6.71. The third-order valence-corrected chi connectivity index (χ3v) is 4.03. The topological polar surface area (TPSA) is 59.9 Å². The minimum atomic E-state index is -0.322. The van der Waals surface area contributed by atoms with E-state index in [0.717, 1.165) is 8.95 Å². The lowest BCUT2D eigenvalue weighted by Gasteiger charge is -2.12. The van der Waals surface area contributed by atoms with Crippen LogP contribution < -0.4 is 14.9 Å². The monoisotopic (exact) mass is 464 g/mol. The maximum absolute atomic E-state index is 12.1. The van der Waals surface area contributed by atoms with E-state index in [1.807, 2.05) is 0 Å². The van der Waals surface area contributed by atoms with Crippen molar-refractivity contribution in [2.75, 3.05) is 13.7 Å². The number of carbonyl (C=O) groups excluding carboxylic acids is 1. The van der Waals surface area contributed by atoms with Gasteiger partial charge in [-0.15, -0.1) is 6.42 Å². The second-order valence-corrected chi connectivity index (χ2v) is 6.56. The van der Waals surface area contributed by atoms with Gasteiger partial charge >= 0.3 is 0 Å². The summed E-state index contributed by atoms with van der Waals surface area (Å²) in [5, 5.41) is 3.98. The van der Waals surface area contributed by atoms with Gasteiger partial charge in [-0.3, -0.25) is 4.79 Å². The van der Waals surface area contributed by atoms with Crippen molar-refractivity contribution in [3.8, 4) is 23.8 Å². The van der Waals surface area contributed by atoms with E-state index < -0.39 is 0 Å². The lowest BCUT2D eigenvalue weighted by Crippen LogP contribution is -2.17. The quantitative estimate of drug-likeness (QED) is 0.398. The van der Waals surface area contributed by atoms with Gasteiger partial charge < -0.3 is 9.47 Å². The van der Waals surface area contributed by atoms with Crippen LogP contribution in [0.4, 0.5) is 0 Å². The Balaban J connectivity index is 2.19. The van der Waals surface area contributed by atoms with Crippen molar-refractivity contribution in [3.63, 3.8) is 0 Å². The molecule has 0 spiro atoms. The van der Waals surface area contributed by atoms with E-state index in [1.165, 1.54) is 13.3 Å². The summed E-state index contributed by atoms with van der Waals surface area (Å²) in [5.41, 5.74) is 3.58. The molecule has 7 heteroatoms. The molecule has 0 atom stereocenters. The molecule has 128 valence electrons. The van der Waals surface area contributed by atoms with Gasteiger partial charge in [-0.1, -0.05) is 37.8 Å². The van der Waals surface area contributed by atoms with Gasteiger partial charge in [0.05, 0.1) is 13.3 Å². The molecular weight excluding hydrogens is 452 g/mol. The number of hydrogen-bond donors (Lipinski definition) is 1. The van der Waals surface area contributed by atoms with Crippen LogP contribution in [-0.4, -0.2) is 25.8 Å². The van der Waals surface area contributed by atoms with Gasteiger partial charge in [0.15, 0.2) is 11.5 Å². The van der Waals surface area contributed by atoms with E-state index in [-0.39, 0.29) is 12.5 Å². The first-order chi connectivity index (χ1) is 12.0. The average Bonchev–Trinajstić information content (AvgIpc) is 2.60. The first-order valence-corrected chi connectivity index (χ1v) is 8.66. The Labute approximate surface area is 162 Å². The van der Waals surface area contributed by atoms with Crippen molar-refractivity contribution in [1.29, 1.82) is 0 Å². The smallest absolute Gasteiger partial charge is 0.271 e. The highest BCUT2D eigenvalue weighted by Gasteiger charge is 2.11. The Hall–Kier alpha value is -2.30. The zero-order valence-electron chi connectivity index (χ0n) is 13.3. The largest absolute Gasteiger partial charge is 0.493 e. The molecule has 0 saturated carbocycles. The molecule has 2 rings (SSSR count). The number of amides is 1. The fourth-order valence-electron chi connectivity index (χ4n) is 1.93. The number of hydrogen-bond acceptors (Lipinski definition) is 4. The second-order valence-electron chi connectivity index (χ2n) is 4.73. The van der Waals surface area contributed by atoms with Gasteiger partial charge in [0, 0.05) is 20.1 Å². The normalized spacial score (nSPS) is 10.3. The van der Waals surface area contributed by atoms with Crippen molar-refractivity contribution in [3.05, 3.63) is 56.5 Å². The molecule has 0 unspecified atom stereocenters. The number of halogens is 2. The van der Waals surface area contributed by atoms with Gasteiger partial charge in [-0.2, -0.15) is 5.10 Å². The molecule has 2 aromatic rings. The first-order valence-electron chi connectivity index (χ1n) is 7.08. The van der Waals surface area contributed by atoms with E-state index in [9.17, 15) is 4.79 Å². The number of benzene rings is 2. The zero-order valence-corrected chi connectivity index (χ0v) is 16.4. The fourth-order valence-corrected chi connectivity index (χ4v) is 2.65. The summed E-state index contributed by atoms with van der Waals surface area (Å²) in [5.74, 6) is 3.03. The maximum Gasteiger partial charge on any atom is 0.271 e. The summed E-state index contributed by atoms with van der Waals surface area (Å²) in [4.78, 5) is 12.1. The van der Waals surface area contributed by atoms with Crippen LogP contribution in [0.25, 0.3) is 0 Å². The molecule has 0 bridgehead atoms. The Morgan fingerprint density at radius 3 is 2.64 bits per heavy atom. The molecule has 0 heterocycles. The number of carbonyl (C=O) groups is 1. The fraction of sp³-hybridized carbons (Fsp3) is 0.111. The summed E-state index contributed by atoms with van der Waals surface area (Å²) in [6.45, 7) is 0.0874. The highest BCUT2D eigenvalue weighted by atomic mass is 79.9. The van der Waals surface area contributed by atoms with Crippen molar-refractivity contribution < 1.29 is 14.3 Å². The Morgan fingerprint density at radius 1 is 1.28 bits per heavy atom. The van der Waals surface area contributed by atoms with Crippen molar-refractivity contribution in [1.82, 2.24) is 5.43 Å². The number of methoxy groups -OCH3 is 1. The van der Waals surface area contributed by atoms with Crippen LogP contribution in [0.5, 0.6) is 11.5 Å². The minimum Gasteiger partial charge on any atom is -0.493 e. The van der Waals surface area contributed by atoms with Gasteiger partial charge in [0.25, 0.3) is 5.91 Å². The second kappa shape index (κ2) is 9.25. The first kappa shape index (κ1) is 19.0. The molecule has 0 saturated heterocycles. The van der Waals surface area contributed by atoms with Gasteiger partial charge in [-0.05, 0) is 36.4 Å². The summed E-state index contributed by atoms with van der Waals surface area (Å²) in [6.07, 6.45) is 6.71. The molecule has 0 aromatic heterocycles. The summed E-state index contributed by atoms with van der Waals surface area (Å²) in [6, 6.07) is 10.5. The number of rotatable bonds is 6. The van der Waals surface area contributed by atoms with Crippen LogP contribution in [-0.2, 0) is 0 Å². The summed E-state index contributed by atoms with van der Waals surface area (Å²) < 4.78 is 12.5. The zero-order chi connectivity index (χ0) is 18.2. The number of terminal acetylenes is 1. The van der Waals surface area contributed by atoms with Gasteiger partial charge in [-0.25, -0.2) is 5.43 Å². The third-order valence-electron chi connectivity index (χ3n) is 3.04. The van der Waals surface area contributed by atoms with Crippen LogP contribution in [0.2, 0.25) is 0 Å². The molecule has 5 nitrogen and oxygen atoms in total. The van der Waals surface area contributed by atoms with Crippen molar-refractivity contribution in [2.45, 2.75) is 0 Å². The molecule has 2 aromatic carbocycles. The number of ether oxygens (including phenoxy) is 2. The predicted octanol–water partition coefficient (Wildman–Crippen LogP) is 4.00. The molecule has 0 aliphatic heterocycles. The molecule has 25 heavy (non-hydrogen) atoms. The van der Waals surface area contributed by atoms with Crippen LogP contribution in [0.15, 0.2) is 50.4 Å². The van der Waals surface area contributed by atoms with Crippen molar-refractivity contribution >= 4 is 44.0 Å². The Bertz CT molecular complexity index is 827. The predicted molar refractivity (Wildman–Crippen MR) is 104 cm³/mol. The molecule has 0 fully saturated rings. The van der Waals surface area contributed by atoms with Crippen LogP contribution in [0.1, 0.15) is 15.9 Å². The molecular formula is C18H14Br2N2O3. The minimum absolute atomic E-state index is 0.0874. The lowest BCUT2D eigenvalue weighted by molar-refractivity contribution is 0.0955. The third kappa shape index (κ3) is 5.34. The maximum atomic E-state index is 12.1. The van der Waals surface area contributed by atoms with E-state index >= 15 is 0 Å². The van der Waals surface area contributed by atoms with Gasteiger partial charge in [0.2, 0.25) is 0 Å². The number of hydrazone groups is 1. The summed E-state index contributed by atoms with van der Waals surface area (Å²) in [7, 11) is 1.53. The van der Waals surface area contributed by atoms with E-state index in [2.05, 4.69) is 48.3 Å². The van der Waals surface area contributed by atoms with E-state index in [1.54, 1.807) is 36.4 Å². The lowest BCUT2D eigenvalue weighted by atomic mass is 10.2. The molecule has 0 aliphatic carbocycles. The molecule has 0 radical (unpaired) electrons. The molecule has 0 aliphatic rings. The molecule has 1 N–H and O–H groups in total. The standard InChI is InChI=1S/C18H14Br2N2O3/c1-3-8-25-17-13(9-15(20)10-16(17)24-2)11-21-22-18(23)12-4-6-14(19)7-5-12/h1,4-7,9-11H,8H2,2H3,(H,22,23)/b21-11+. The van der Waals surface area contributed by atoms with E-state index in [0.29, 0.717) is 22.6 Å². The van der Waals surface area contributed by atoms with Gasteiger partial charge in [0.1, 0.15) is 6.61 Å². The van der Waals surface area contributed by atoms with Crippen LogP contribution in [0, 0.1) is 12.3 Å². The highest BCUT2D eigenvalue weighted by molar-refractivity contribution is 9.10. The average molecular weight is 466 g/mol. The van der Waals surface area contributed by atoms with Crippen LogP contribution in [0.3, 0.4) is 0 Å². The SMILES string of the molecule is C#CCOc1c(/C=N/NC(=O)c2ccc(Br)cc2)cc(Br)cc1OC. The Morgan fingerprint density at radius 2 is 2.00 bits per heavy atom. The Kier molecular flexibility index (Phi) is 7.04. The number of nitrogens with one attached hydrogen (secondary N) is 1.